The smallest absolute Gasteiger partial charge is 0.289 e. The van der Waals surface area contributed by atoms with Gasteiger partial charge in [-0.1, -0.05) is 0 Å². The second kappa shape index (κ2) is 6.68. The lowest BCUT2D eigenvalue weighted by Gasteiger charge is -2.48. The Morgan fingerprint density at radius 2 is 1.96 bits per heavy atom. The van der Waals surface area contributed by atoms with Crippen molar-refractivity contribution in [2.24, 2.45) is 12.5 Å². The summed E-state index contributed by atoms with van der Waals surface area (Å²) in [5.74, 6) is 0.853. The molecule has 3 aliphatic heterocycles. The average Bonchev–Trinajstić information content (AvgIpc) is 3.26. The fraction of sp³-hybridized carbons (Fsp3) is 0.737. The first-order chi connectivity index (χ1) is 12.5. The zero-order chi connectivity index (χ0) is 18.3. The molecule has 1 spiro atoms. The molecule has 1 aromatic rings. The number of likely N-dealkylation sites (tertiary alicyclic amines) is 3. The predicted octanol–water partition coefficient (Wildman–Crippen LogP) is 0.969. The van der Waals surface area contributed by atoms with E-state index < -0.39 is 0 Å². The molecule has 0 aromatic carbocycles. The Labute approximate surface area is 154 Å². The van der Waals surface area contributed by atoms with Crippen LogP contribution >= 0.6 is 0 Å². The monoisotopic (exact) mass is 359 g/mol. The van der Waals surface area contributed by atoms with E-state index >= 15 is 0 Å². The molecular weight excluding hydrogens is 330 g/mol. The predicted molar refractivity (Wildman–Crippen MR) is 97.6 cm³/mol. The van der Waals surface area contributed by atoms with E-state index in [1.165, 1.54) is 0 Å². The second-order valence-corrected chi connectivity index (χ2v) is 8.38. The van der Waals surface area contributed by atoms with Gasteiger partial charge < -0.3 is 19.3 Å². The van der Waals surface area contributed by atoms with Crippen LogP contribution in [0.2, 0.25) is 0 Å². The number of likely N-dealkylation sites (N-methyl/N-ethyl adjacent to an activating group) is 1. The number of aromatic nitrogens is 2. The summed E-state index contributed by atoms with van der Waals surface area (Å²) in [5.41, 5.74) is 0.188. The van der Waals surface area contributed by atoms with E-state index in [1.807, 2.05) is 18.1 Å². The molecule has 0 N–H and O–H groups in total. The molecule has 0 saturated carbocycles. The lowest BCUT2D eigenvalue weighted by atomic mass is 9.72. The van der Waals surface area contributed by atoms with E-state index in [0.717, 1.165) is 58.4 Å². The molecule has 1 aromatic heterocycles. The highest BCUT2D eigenvalue weighted by Gasteiger charge is 2.44. The molecule has 0 aliphatic carbocycles. The fourth-order valence-corrected chi connectivity index (χ4v) is 4.85. The van der Waals surface area contributed by atoms with Gasteiger partial charge in [-0.15, -0.1) is 0 Å². The molecule has 7 nitrogen and oxygen atoms in total. The van der Waals surface area contributed by atoms with E-state index in [4.69, 9.17) is 0 Å². The van der Waals surface area contributed by atoms with Crippen molar-refractivity contribution >= 4 is 11.8 Å². The standard InChI is InChI=1S/C19H29N5O2/c1-21-9-4-15(13-21)24-14-19(5-3-16(24)25)6-10-23(11-7-19)18(26)17-20-8-12-22(17)2/h8,12,15H,3-7,9-11,13-14H2,1-2H3/t15-/m1/s1. The third-order valence-corrected chi connectivity index (χ3v) is 6.63. The highest BCUT2D eigenvalue weighted by atomic mass is 16.2. The van der Waals surface area contributed by atoms with E-state index in [-0.39, 0.29) is 11.3 Å². The maximum absolute atomic E-state index is 12.7. The van der Waals surface area contributed by atoms with Crippen molar-refractivity contribution in [2.75, 3.05) is 39.8 Å². The fourth-order valence-electron chi connectivity index (χ4n) is 4.85. The van der Waals surface area contributed by atoms with Gasteiger partial charge in [0.05, 0.1) is 0 Å². The van der Waals surface area contributed by atoms with Crippen molar-refractivity contribution in [1.29, 1.82) is 0 Å². The summed E-state index contributed by atoms with van der Waals surface area (Å²) in [7, 11) is 3.99. The van der Waals surface area contributed by atoms with E-state index in [9.17, 15) is 9.59 Å². The Morgan fingerprint density at radius 1 is 1.19 bits per heavy atom. The lowest BCUT2D eigenvalue weighted by Crippen LogP contribution is -2.55. The number of carbonyl (C=O) groups is 2. The topological polar surface area (TPSA) is 61.7 Å². The molecule has 0 bridgehead atoms. The van der Waals surface area contributed by atoms with Crippen molar-refractivity contribution in [2.45, 2.75) is 38.1 Å². The average molecular weight is 359 g/mol. The lowest BCUT2D eigenvalue weighted by molar-refractivity contribution is -0.141. The van der Waals surface area contributed by atoms with Crippen molar-refractivity contribution < 1.29 is 9.59 Å². The van der Waals surface area contributed by atoms with Crippen LogP contribution in [0.5, 0.6) is 0 Å². The molecule has 0 radical (unpaired) electrons. The quantitative estimate of drug-likeness (QED) is 0.789. The number of hydrogen-bond donors (Lipinski definition) is 0. The van der Waals surface area contributed by atoms with Crippen molar-refractivity contribution in [3.05, 3.63) is 18.2 Å². The van der Waals surface area contributed by atoms with Crippen molar-refractivity contribution in [1.82, 2.24) is 24.3 Å². The van der Waals surface area contributed by atoms with E-state index in [0.29, 0.717) is 24.2 Å². The number of aryl methyl sites for hydroxylation is 1. The van der Waals surface area contributed by atoms with E-state index in [1.54, 1.807) is 10.8 Å². The number of nitrogens with zero attached hydrogens (tertiary/aromatic N) is 5. The molecule has 3 saturated heterocycles. The highest BCUT2D eigenvalue weighted by molar-refractivity contribution is 5.90. The van der Waals surface area contributed by atoms with Crippen LogP contribution in [0.3, 0.4) is 0 Å². The maximum atomic E-state index is 12.7. The third-order valence-electron chi connectivity index (χ3n) is 6.63. The molecule has 2 amide bonds. The summed E-state index contributed by atoms with van der Waals surface area (Å²) >= 11 is 0. The Morgan fingerprint density at radius 3 is 2.58 bits per heavy atom. The first kappa shape index (κ1) is 17.5. The van der Waals surface area contributed by atoms with Gasteiger partial charge in [-0.25, -0.2) is 4.98 Å². The summed E-state index contributed by atoms with van der Waals surface area (Å²) in [6.45, 7) is 4.46. The SMILES string of the molecule is CN1CC[C@@H](N2CC3(CCC2=O)CCN(C(=O)c2nccn2C)CC3)C1. The number of hydrogen-bond acceptors (Lipinski definition) is 4. The molecule has 142 valence electrons. The van der Waals surface area contributed by atoms with Crippen LogP contribution < -0.4 is 0 Å². The molecular formula is C19H29N5O2. The highest BCUT2D eigenvalue weighted by Crippen LogP contribution is 2.41. The van der Waals surface area contributed by atoms with Crippen molar-refractivity contribution in [3.63, 3.8) is 0 Å². The zero-order valence-electron chi connectivity index (χ0n) is 15.9. The van der Waals surface area contributed by atoms with Crippen LogP contribution in [0.4, 0.5) is 0 Å². The molecule has 4 heterocycles. The second-order valence-electron chi connectivity index (χ2n) is 8.38. The van der Waals surface area contributed by atoms with Gasteiger partial charge in [0, 0.05) is 58.1 Å². The molecule has 1 atom stereocenters. The van der Waals surface area contributed by atoms with Crippen molar-refractivity contribution in [3.8, 4) is 0 Å². The van der Waals surface area contributed by atoms with Crippen LogP contribution in [0.25, 0.3) is 0 Å². The Kier molecular flexibility index (Phi) is 4.50. The van der Waals surface area contributed by atoms with Crippen LogP contribution in [0.15, 0.2) is 12.4 Å². The van der Waals surface area contributed by atoms with E-state index in [2.05, 4.69) is 21.8 Å². The van der Waals surface area contributed by atoms with Gasteiger partial charge in [-0.3, -0.25) is 9.59 Å². The molecule has 3 aliphatic rings. The first-order valence-corrected chi connectivity index (χ1v) is 9.72. The number of carbonyl (C=O) groups excluding carboxylic acids is 2. The molecule has 26 heavy (non-hydrogen) atoms. The summed E-state index contributed by atoms with van der Waals surface area (Å²) in [5, 5.41) is 0. The number of amides is 2. The van der Waals surface area contributed by atoms with Gasteiger partial charge in [0.1, 0.15) is 0 Å². The minimum Gasteiger partial charge on any atom is -0.338 e. The normalized spacial score (nSPS) is 26.7. The number of rotatable bonds is 2. The summed E-state index contributed by atoms with van der Waals surface area (Å²) in [6.07, 6.45) is 8.15. The van der Waals surface area contributed by atoms with Gasteiger partial charge in [0.15, 0.2) is 5.82 Å². The summed E-state index contributed by atoms with van der Waals surface area (Å²) < 4.78 is 1.78. The molecule has 3 fully saturated rings. The molecule has 7 heteroatoms. The molecule has 4 rings (SSSR count). The first-order valence-electron chi connectivity index (χ1n) is 9.72. The van der Waals surface area contributed by atoms with Crippen LogP contribution in [-0.2, 0) is 11.8 Å². The number of imidazole rings is 1. The van der Waals surface area contributed by atoms with Gasteiger partial charge >= 0.3 is 0 Å². The van der Waals surface area contributed by atoms with Crippen LogP contribution in [0.1, 0.15) is 42.7 Å². The van der Waals surface area contributed by atoms with Gasteiger partial charge in [-0.2, -0.15) is 0 Å². The largest absolute Gasteiger partial charge is 0.338 e. The minimum atomic E-state index is 0.0218. The van der Waals surface area contributed by atoms with Crippen LogP contribution in [0, 0.1) is 5.41 Å². The summed E-state index contributed by atoms with van der Waals surface area (Å²) in [6, 6.07) is 0.372. The Hall–Kier alpha value is -1.89. The number of piperidine rings is 2. The molecule has 0 unspecified atom stereocenters. The summed E-state index contributed by atoms with van der Waals surface area (Å²) in [4.78, 5) is 35.8. The van der Waals surface area contributed by atoms with Gasteiger partial charge in [0.2, 0.25) is 5.91 Å². The minimum absolute atomic E-state index is 0.0218. The Balaban J connectivity index is 1.40. The zero-order valence-corrected chi connectivity index (χ0v) is 15.9. The van der Waals surface area contributed by atoms with Crippen LogP contribution in [-0.4, -0.2) is 81.9 Å². The maximum Gasteiger partial charge on any atom is 0.289 e. The third kappa shape index (κ3) is 3.13. The van der Waals surface area contributed by atoms with Gasteiger partial charge in [-0.05, 0) is 44.7 Å². The van der Waals surface area contributed by atoms with Gasteiger partial charge in [0.25, 0.3) is 5.91 Å². The Bertz CT molecular complexity index is 692.